The quantitative estimate of drug-likeness (QED) is 0.0461. The summed E-state index contributed by atoms with van der Waals surface area (Å²) in [6.07, 6.45) is 14.2. The van der Waals surface area contributed by atoms with Gasteiger partial charge in [0, 0.05) is 68.1 Å². The van der Waals surface area contributed by atoms with E-state index in [1.54, 1.807) is 30.5 Å². The average Bonchev–Trinajstić information content (AvgIpc) is 3.64. The zero-order valence-electron chi connectivity index (χ0n) is 32.4. The van der Waals surface area contributed by atoms with Crippen LogP contribution in [0, 0.1) is 11.8 Å². The minimum atomic E-state index is -0.250. The molecule has 0 bridgehead atoms. The highest BCUT2D eigenvalue weighted by atomic mass is 16.5. The van der Waals surface area contributed by atoms with E-state index in [-0.39, 0.29) is 31.5 Å². The van der Waals surface area contributed by atoms with Crippen LogP contribution in [0.2, 0.25) is 0 Å². The summed E-state index contributed by atoms with van der Waals surface area (Å²) in [5.41, 5.74) is 21.4. The fourth-order valence-corrected chi connectivity index (χ4v) is 5.64. The highest BCUT2D eigenvalue weighted by molar-refractivity contribution is 5.80. The number of phenolic OH excluding ortho intramolecular Hbond substituents is 1. The maximum atomic E-state index is 10.3. The van der Waals surface area contributed by atoms with Crippen molar-refractivity contribution in [1.29, 1.82) is 0 Å². The number of hydrogen-bond acceptors (Lipinski definition) is 11. The van der Waals surface area contributed by atoms with Crippen LogP contribution >= 0.6 is 0 Å². The van der Waals surface area contributed by atoms with Gasteiger partial charge in [0.25, 0.3) is 6.47 Å². The van der Waals surface area contributed by atoms with Crippen LogP contribution in [-0.2, 0) is 4.79 Å². The summed E-state index contributed by atoms with van der Waals surface area (Å²) in [5, 5.41) is 21.6. The Morgan fingerprint density at radius 2 is 1.81 bits per heavy atom. The molecule has 2 atom stereocenters. The van der Waals surface area contributed by atoms with Gasteiger partial charge in [0.15, 0.2) is 5.82 Å². The van der Waals surface area contributed by atoms with Gasteiger partial charge in [-0.1, -0.05) is 85.2 Å². The SMILES string of the molecule is C.C=CCN(CC(CCCC)N=C/C(=C\N=CC)C1CCN(c2cc(C(C)C(C)C)on2)CC1)C(/C=C(\N)c1ccccc1O)=C(N)N.CC.O=CO. The van der Waals surface area contributed by atoms with E-state index in [1.165, 1.54) is 0 Å². The first-order chi connectivity index (χ1) is 25.0. The van der Waals surface area contributed by atoms with Crippen LogP contribution in [0.15, 0.2) is 86.9 Å². The van der Waals surface area contributed by atoms with Crippen molar-refractivity contribution in [3.05, 3.63) is 83.7 Å². The summed E-state index contributed by atoms with van der Waals surface area (Å²) < 4.78 is 5.70. The number of nitrogens with zero attached hydrogens (tertiary/aromatic N) is 5. The van der Waals surface area contributed by atoms with Crippen molar-refractivity contribution in [2.75, 3.05) is 31.1 Å². The maximum absolute atomic E-state index is 10.3. The highest BCUT2D eigenvalue weighted by Crippen LogP contribution is 2.31. The first kappa shape index (κ1) is 48.0. The lowest BCUT2D eigenvalue weighted by molar-refractivity contribution is -0.122. The number of piperidine rings is 1. The van der Waals surface area contributed by atoms with Gasteiger partial charge in [-0.3, -0.25) is 14.8 Å². The average molecular weight is 737 g/mol. The predicted molar refractivity (Wildman–Crippen MR) is 223 cm³/mol. The molecule has 0 radical (unpaired) electrons. The van der Waals surface area contributed by atoms with Crippen LogP contribution in [-0.4, -0.2) is 71.4 Å². The molecule has 1 aromatic heterocycles. The topological polar surface area (TPSA) is 193 Å². The van der Waals surface area contributed by atoms with Crippen molar-refractivity contribution in [2.45, 2.75) is 100.0 Å². The molecule has 0 spiro atoms. The number of hydrogen-bond donors (Lipinski definition) is 5. The number of carbonyl (C=O) groups is 1. The van der Waals surface area contributed by atoms with E-state index >= 15 is 0 Å². The molecule has 53 heavy (non-hydrogen) atoms. The number of nitrogens with two attached hydrogens (primary N) is 3. The number of anilines is 1. The zero-order valence-corrected chi connectivity index (χ0v) is 32.4. The Hall–Kier alpha value is -5.00. The van der Waals surface area contributed by atoms with E-state index in [0.29, 0.717) is 47.8 Å². The number of aliphatic imine (C=N–C) groups is 2. The normalized spacial score (nSPS) is 14.8. The van der Waals surface area contributed by atoms with Crippen LogP contribution in [0.1, 0.15) is 105 Å². The first-order valence-corrected chi connectivity index (χ1v) is 18.4. The lowest BCUT2D eigenvalue weighted by Gasteiger charge is -2.32. The number of unbranched alkanes of at least 4 members (excludes halogenated alkanes) is 1. The summed E-state index contributed by atoms with van der Waals surface area (Å²) >= 11 is 0. The molecule has 1 saturated heterocycles. The molecule has 0 aliphatic carbocycles. The summed E-state index contributed by atoms with van der Waals surface area (Å²) in [4.78, 5) is 22.3. The predicted octanol–water partition coefficient (Wildman–Crippen LogP) is 7.90. The van der Waals surface area contributed by atoms with Gasteiger partial charge in [-0.05, 0) is 61.8 Å². The minimum absolute atomic E-state index is 0. The number of para-hydroxylation sites is 1. The van der Waals surface area contributed by atoms with Crippen LogP contribution in [0.25, 0.3) is 5.70 Å². The molecule has 0 saturated carbocycles. The van der Waals surface area contributed by atoms with Gasteiger partial charge in [0.2, 0.25) is 0 Å². The van der Waals surface area contributed by atoms with E-state index in [2.05, 4.69) is 55.4 Å². The molecule has 8 N–H and O–H groups in total. The van der Waals surface area contributed by atoms with E-state index in [4.69, 9.17) is 36.6 Å². The van der Waals surface area contributed by atoms with Gasteiger partial charge in [-0.25, -0.2) is 0 Å². The second kappa shape index (κ2) is 26.7. The lowest BCUT2D eigenvalue weighted by Crippen LogP contribution is -2.35. The molecule has 12 nitrogen and oxygen atoms in total. The third-order valence-corrected chi connectivity index (χ3v) is 8.88. The molecule has 12 heteroatoms. The Kier molecular flexibility index (Phi) is 24.2. The van der Waals surface area contributed by atoms with E-state index in [1.807, 2.05) is 50.2 Å². The molecule has 2 aromatic rings. The Bertz CT molecular complexity index is 1480. The standard InChI is InChI=1S/C37H56N8O2.C2H6.CH2O2.CH4/c1-7-10-13-30(25-45(18-8-2)33(37(39)40)21-32(38)31-14-11-12-15-34(31)46)42-24-29(23-41-9-3)28-16-19-44(20-17-28)36-22-35(47-43-36)27(6)26(4)5;1-2;2-1-3;/h8-9,11-12,14-15,21-24,26-28,30,46H,2,7,10,13,16-20,25,38-40H2,1,3-6H3;1-2H3;1H,(H,2,3);1H4/b29-23+,32-21-,41-9?,42-24?;;;. The number of carboxylic acid groups (broad SMARTS) is 1. The number of phenols is 1. The van der Waals surface area contributed by atoms with Gasteiger partial charge in [-0.2, -0.15) is 0 Å². The Morgan fingerprint density at radius 1 is 1.17 bits per heavy atom. The number of rotatable bonds is 17. The van der Waals surface area contributed by atoms with E-state index in [0.717, 1.165) is 62.3 Å². The Balaban J connectivity index is 0.00000428. The van der Waals surface area contributed by atoms with Crippen LogP contribution in [0.3, 0.4) is 0 Å². The first-order valence-electron chi connectivity index (χ1n) is 18.4. The van der Waals surface area contributed by atoms with Gasteiger partial charge in [-0.15, -0.1) is 6.58 Å². The van der Waals surface area contributed by atoms with Crippen molar-refractivity contribution in [3.8, 4) is 5.75 Å². The molecule has 1 aliphatic heterocycles. The summed E-state index contributed by atoms with van der Waals surface area (Å²) in [5.74, 6) is 3.22. The van der Waals surface area contributed by atoms with Gasteiger partial charge >= 0.3 is 0 Å². The maximum Gasteiger partial charge on any atom is 0.290 e. The third-order valence-electron chi connectivity index (χ3n) is 8.88. The molecule has 3 rings (SSSR count). The molecule has 296 valence electrons. The largest absolute Gasteiger partial charge is 0.507 e. The molecular formula is C41H68N8O4. The van der Waals surface area contributed by atoms with Crippen LogP contribution in [0.4, 0.5) is 5.82 Å². The molecule has 1 aliphatic rings. The van der Waals surface area contributed by atoms with E-state index in [9.17, 15) is 5.11 Å². The van der Waals surface area contributed by atoms with E-state index < -0.39 is 0 Å². The number of aromatic nitrogens is 1. The molecule has 1 aromatic carbocycles. The fraction of sp³-hybridized carbons (Fsp3) is 0.512. The molecule has 2 heterocycles. The van der Waals surface area contributed by atoms with Crippen LogP contribution in [0.5, 0.6) is 5.75 Å². The van der Waals surface area contributed by atoms with Crippen molar-refractivity contribution in [3.63, 3.8) is 0 Å². The van der Waals surface area contributed by atoms with Crippen molar-refractivity contribution < 1.29 is 19.5 Å². The number of allylic oxidation sites excluding steroid dienone is 2. The smallest absolute Gasteiger partial charge is 0.290 e. The Morgan fingerprint density at radius 3 is 2.36 bits per heavy atom. The second-order valence-corrected chi connectivity index (χ2v) is 12.7. The van der Waals surface area contributed by atoms with Gasteiger partial charge in [0.1, 0.15) is 17.3 Å². The van der Waals surface area contributed by atoms with Crippen molar-refractivity contribution in [2.24, 2.45) is 39.0 Å². The van der Waals surface area contributed by atoms with Crippen molar-refractivity contribution in [1.82, 2.24) is 10.1 Å². The lowest BCUT2D eigenvalue weighted by atomic mass is 9.90. The summed E-state index contributed by atoms with van der Waals surface area (Å²) in [7, 11) is 0. The van der Waals surface area contributed by atoms with Crippen molar-refractivity contribution >= 4 is 30.4 Å². The monoisotopic (exact) mass is 737 g/mol. The van der Waals surface area contributed by atoms with Gasteiger partial charge < -0.3 is 41.7 Å². The highest BCUT2D eigenvalue weighted by Gasteiger charge is 2.25. The fourth-order valence-electron chi connectivity index (χ4n) is 5.64. The summed E-state index contributed by atoms with van der Waals surface area (Å²) in [6.45, 7) is 21.2. The third kappa shape index (κ3) is 16.1. The molecule has 0 amide bonds. The second-order valence-electron chi connectivity index (χ2n) is 12.7. The number of aromatic hydroxyl groups is 1. The van der Waals surface area contributed by atoms with Gasteiger partial charge in [0.05, 0.1) is 11.7 Å². The molecule has 2 unspecified atom stereocenters. The zero-order chi connectivity index (χ0) is 39.1. The molecular weight excluding hydrogens is 669 g/mol. The summed E-state index contributed by atoms with van der Waals surface area (Å²) in [6, 6.07) is 8.98. The minimum Gasteiger partial charge on any atom is -0.507 e. The Labute approximate surface area is 318 Å². The number of benzene rings is 1. The van der Waals surface area contributed by atoms with Crippen LogP contribution < -0.4 is 22.1 Å². The molecule has 1 fully saturated rings.